The van der Waals surface area contributed by atoms with E-state index in [0.29, 0.717) is 11.3 Å². The molecule has 0 amide bonds. The van der Waals surface area contributed by atoms with Gasteiger partial charge in [0, 0.05) is 5.69 Å². The molecule has 0 saturated heterocycles. The molecule has 1 aromatic rings. The van der Waals surface area contributed by atoms with Gasteiger partial charge < -0.3 is 5.73 Å². The number of anilines is 1. The van der Waals surface area contributed by atoms with E-state index >= 15 is 0 Å². The van der Waals surface area contributed by atoms with Gasteiger partial charge in [0.05, 0.1) is 11.0 Å². The summed E-state index contributed by atoms with van der Waals surface area (Å²) in [7, 11) is -3.22. The third kappa shape index (κ3) is 3.02. The number of halogens is 1. The van der Waals surface area contributed by atoms with Crippen LogP contribution in [0.5, 0.6) is 0 Å². The molecule has 18 heavy (non-hydrogen) atoms. The molecule has 2 N–H and O–H groups in total. The summed E-state index contributed by atoms with van der Waals surface area (Å²) in [6, 6.07) is 3.88. The second-order valence-corrected chi connectivity index (χ2v) is 7.19. The summed E-state index contributed by atoms with van der Waals surface area (Å²) in [5.74, 6) is -0.598. The Morgan fingerprint density at radius 2 is 1.89 bits per heavy atom. The summed E-state index contributed by atoms with van der Waals surface area (Å²) in [5, 5.41) is -0.283. The topological polar surface area (TPSA) is 60.2 Å². The van der Waals surface area contributed by atoms with E-state index in [1.54, 1.807) is 0 Å². The summed E-state index contributed by atoms with van der Waals surface area (Å²) in [6.07, 6.45) is 4.47. The molecule has 2 rings (SSSR count). The highest BCUT2D eigenvalue weighted by molar-refractivity contribution is 7.91. The van der Waals surface area contributed by atoms with Crippen molar-refractivity contribution >= 4 is 15.5 Å². The number of nitrogens with two attached hydrogens (primary N) is 1. The first kappa shape index (κ1) is 13.3. The molecule has 0 heterocycles. The minimum absolute atomic E-state index is 0.152. The fourth-order valence-corrected chi connectivity index (χ4v) is 4.43. The first-order chi connectivity index (χ1) is 8.49. The lowest BCUT2D eigenvalue weighted by atomic mass is 10.0. The summed E-state index contributed by atoms with van der Waals surface area (Å²) >= 11 is 0. The Kier molecular flexibility index (Phi) is 3.90. The van der Waals surface area contributed by atoms with Crippen LogP contribution in [0.1, 0.15) is 37.7 Å². The minimum Gasteiger partial charge on any atom is -0.398 e. The highest BCUT2D eigenvalue weighted by Crippen LogP contribution is 2.27. The molecule has 0 unspecified atom stereocenters. The maximum Gasteiger partial charge on any atom is 0.157 e. The van der Waals surface area contributed by atoms with Crippen LogP contribution < -0.4 is 5.73 Å². The molecule has 5 heteroatoms. The monoisotopic (exact) mass is 271 g/mol. The molecule has 100 valence electrons. The van der Waals surface area contributed by atoms with Gasteiger partial charge >= 0.3 is 0 Å². The Hall–Kier alpha value is -1.10. The Morgan fingerprint density at radius 3 is 2.56 bits per heavy atom. The van der Waals surface area contributed by atoms with Crippen molar-refractivity contribution in [1.82, 2.24) is 0 Å². The third-order valence-electron chi connectivity index (χ3n) is 3.52. The largest absolute Gasteiger partial charge is 0.398 e. The van der Waals surface area contributed by atoms with Gasteiger partial charge in [0.1, 0.15) is 5.82 Å². The highest BCUT2D eigenvalue weighted by Gasteiger charge is 2.27. The first-order valence-electron chi connectivity index (χ1n) is 6.24. The van der Waals surface area contributed by atoms with Crippen molar-refractivity contribution in [2.24, 2.45) is 0 Å². The minimum atomic E-state index is -3.22. The maximum atomic E-state index is 13.1. The van der Waals surface area contributed by atoms with Crippen LogP contribution in [-0.2, 0) is 15.6 Å². The lowest BCUT2D eigenvalue weighted by Gasteiger charge is -2.22. The van der Waals surface area contributed by atoms with Crippen molar-refractivity contribution < 1.29 is 12.8 Å². The first-order valence-corrected chi connectivity index (χ1v) is 7.96. The molecule has 0 radical (unpaired) electrons. The van der Waals surface area contributed by atoms with E-state index in [2.05, 4.69) is 0 Å². The number of hydrogen-bond acceptors (Lipinski definition) is 3. The van der Waals surface area contributed by atoms with Gasteiger partial charge in [0.25, 0.3) is 0 Å². The van der Waals surface area contributed by atoms with Crippen LogP contribution >= 0.6 is 0 Å². The molecule has 0 spiro atoms. The molecular weight excluding hydrogens is 253 g/mol. The van der Waals surface area contributed by atoms with Gasteiger partial charge in [-0.1, -0.05) is 19.3 Å². The predicted octanol–water partition coefficient (Wildman–Crippen LogP) is 2.66. The highest BCUT2D eigenvalue weighted by atomic mass is 32.2. The van der Waals surface area contributed by atoms with Gasteiger partial charge in [-0.3, -0.25) is 0 Å². The van der Waals surface area contributed by atoms with Crippen LogP contribution in [0.25, 0.3) is 0 Å². The standard InChI is InChI=1S/C13H18FNO2S/c14-11-6-7-13(15)10(8-11)9-18(16,17)12-4-2-1-3-5-12/h6-8,12H,1-5,9,15H2. The molecule has 0 atom stereocenters. The zero-order valence-electron chi connectivity index (χ0n) is 10.2. The number of rotatable bonds is 3. The van der Waals surface area contributed by atoms with Gasteiger partial charge in [-0.05, 0) is 36.6 Å². The Bertz CT molecular complexity index is 522. The molecule has 1 aromatic carbocycles. The zero-order chi connectivity index (χ0) is 13.2. The van der Waals surface area contributed by atoms with E-state index < -0.39 is 15.7 Å². The lowest BCUT2D eigenvalue weighted by Crippen LogP contribution is -2.25. The van der Waals surface area contributed by atoms with Gasteiger partial charge in [-0.2, -0.15) is 0 Å². The van der Waals surface area contributed by atoms with Crippen LogP contribution in [-0.4, -0.2) is 13.7 Å². The van der Waals surface area contributed by atoms with Gasteiger partial charge in [-0.25, -0.2) is 12.8 Å². The third-order valence-corrected chi connectivity index (χ3v) is 5.72. The second kappa shape index (κ2) is 5.26. The Labute approximate surface area is 107 Å². The summed E-state index contributed by atoms with van der Waals surface area (Å²) < 4.78 is 37.6. The van der Waals surface area contributed by atoms with Crippen LogP contribution in [0, 0.1) is 5.82 Å². The van der Waals surface area contributed by atoms with Crippen molar-refractivity contribution in [1.29, 1.82) is 0 Å². The lowest BCUT2D eigenvalue weighted by molar-refractivity contribution is 0.483. The van der Waals surface area contributed by atoms with E-state index in [1.807, 2.05) is 0 Å². The summed E-state index contributed by atoms with van der Waals surface area (Å²) in [6.45, 7) is 0. The normalized spacial score (nSPS) is 17.8. The molecular formula is C13H18FNO2S. The van der Waals surface area contributed by atoms with Gasteiger partial charge in [0.2, 0.25) is 0 Å². The fraction of sp³-hybridized carbons (Fsp3) is 0.538. The van der Waals surface area contributed by atoms with E-state index in [0.717, 1.165) is 32.1 Å². The van der Waals surface area contributed by atoms with Crippen molar-refractivity contribution in [3.05, 3.63) is 29.6 Å². The summed E-state index contributed by atoms with van der Waals surface area (Å²) in [5.41, 5.74) is 6.41. The average molecular weight is 271 g/mol. The van der Waals surface area contributed by atoms with Crippen LogP contribution in [0.3, 0.4) is 0 Å². The van der Waals surface area contributed by atoms with E-state index in [1.165, 1.54) is 18.2 Å². The molecule has 1 saturated carbocycles. The molecule has 1 aliphatic rings. The fourth-order valence-electron chi connectivity index (χ4n) is 2.46. The molecule has 1 fully saturated rings. The van der Waals surface area contributed by atoms with Crippen molar-refractivity contribution in [3.8, 4) is 0 Å². The van der Waals surface area contributed by atoms with Crippen molar-refractivity contribution in [2.45, 2.75) is 43.1 Å². The number of benzene rings is 1. The summed E-state index contributed by atoms with van der Waals surface area (Å²) in [4.78, 5) is 0. The predicted molar refractivity (Wildman–Crippen MR) is 70.3 cm³/mol. The average Bonchev–Trinajstić information content (AvgIpc) is 2.35. The second-order valence-electron chi connectivity index (χ2n) is 4.91. The number of nitrogen functional groups attached to an aromatic ring is 1. The smallest absolute Gasteiger partial charge is 0.157 e. The van der Waals surface area contributed by atoms with Gasteiger partial charge in [-0.15, -0.1) is 0 Å². The SMILES string of the molecule is Nc1ccc(F)cc1CS(=O)(=O)C1CCCCC1. The maximum absolute atomic E-state index is 13.1. The van der Waals surface area contributed by atoms with Crippen LogP contribution in [0.4, 0.5) is 10.1 Å². The van der Waals surface area contributed by atoms with E-state index in [-0.39, 0.29) is 11.0 Å². The van der Waals surface area contributed by atoms with Crippen molar-refractivity contribution in [2.75, 3.05) is 5.73 Å². The van der Waals surface area contributed by atoms with Crippen LogP contribution in [0.15, 0.2) is 18.2 Å². The molecule has 1 aliphatic carbocycles. The van der Waals surface area contributed by atoms with Crippen molar-refractivity contribution in [3.63, 3.8) is 0 Å². The molecule has 0 bridgehead atoms. The Balaban J connectivity index is 2.18. The molecule has 0 aliphatic heterocycles. The van der Waals surface area contributed by atoms with E-state index in [4.69, 9.17) is 5.73 Å². The number of sulfone groups is 1. The number of hydrogen-bond donors (Lipinski definition) is 1. The molecule has 0 aromatic heterocycles. The molecule has 3 nitrogen and oxygen atoms in total. The van der Waals surface area contributed by atoms with Gasteiger partial charge in [0.15, 0.2) is 9.84 Å². The van der Waals surface area contributed by atoms with E-state index in [9.17, 15) is 12.8 Å². The van der Waals surface area contributed by atoms with Crippen LogP contribution in [0.2, 0.25) is 0 Å². The Morgan fingerprint density at radius 1 is 1.22 bits per heavy atom. The zero-order valence-corrected chi connectivity index (χ0v) is 11.0. The quantitative estimate of drug-likeness (QED) is 0.860.